The van der Waals surface area contributed by atoms with Gasteiger partial charge in [-0.2, -0.15) is 0 Å². The highest BCUT2D eigenvalue weighted by atomic mass is 16.5. The molecule has 2 rings (SSSR count). The molecule has 1 aromatic heterocycles. The lowest BCUT2D eigenvalue weighted by molar-refractivity contribution is -0.126. The molecule has 88 valence electrons. The van der Waals surface area contributed by atoms with Crippen LogP contribution in [0.4, 0.5) is 5.82 Å². The Morgan fingerprint density at radius 1 is 1.75 bits per heavy atom. The number of aromatic nitrogens is 1. The minimum absolute atomic E-state index is 0.0381. The second-order valence-corrected chi connectivity index (χ2v) is 4.25. The largest absolute Gasteiger partial charge is 0.363 e. The first-order valence-electron chi connectivity index (χ1n) is 5.69. The van der Waals surface area contributed by atoms with Gasteiger partial charge in [0.1, 0.15) is 6.26 Å². The van der Waals surface area contributed by atoms with Gasteiger partial charge >= 0.3 is 0 Å². The van der Waals surface area contributed by atoms with E-state index >= 15 is 0 Å². The maximum atomic E-state index is 12.2. The molecule has 16 heavy (non-hydrogen) atoms. The van der Waals surface area contributed by atoms with E-state index in [1.165, 1.54) is 6.26 Å². The number of amides is 1. The van der Waals surface area contributed by atoms with Crippen LogP contribution in [-0.4, -0.2) is 24.2 Å². The molecule has 2 heterocycles. The molecule has 1 saturated heterocycles. The van der Waals surface area contributed by atoms with Crippen molar-refractivity contribution in [2.45, 2.75) is 26.2 Å². The summed E-state index contributed by atoms with van der Waals surface area (Å²) in [7, 11) is 0. The number of nitrogens with zero attached hydrogens (tertiary/aromatic N) is 1. The number of carbonyl (C=O) groups is 1. The smallest absolute Gasteiger partial charge is 0.233 e. The van der Waals surface area contributed by atoms with Crippen LogP contribution in [0.15, 0.2) is 16.9 Å². The Labute approximate surface area is 94.6 Å². The predicted octanol–water partition coefficient (Wildman–Crippen LogP) is 1.39. The summed E-state index contributed by atoms with van der Waals surface area (Å²) in [6.07, 6.45) is 4.26. The quantitative estimate of drug-likeness (QED) is 0.812. The van der Waals surface area contributed by atoms with Crippen LogP contribution in [-0.2, 0) is 4.79 Å². The normalized spacial score (nSPS) is 25.3. The highest BCUT2D eigenvalue weighted by Crippen LogP contribution is 2.31. The summed E-state index contributed by atoms with van der Waals surface area (Å²) in [4.78, 5) is 12.2. The van der Waals surface area contributed by atoms with Crippen LogP contribution in [0.1, 0.15) is 26.2 Å². The third-order valence-electron chi connectivity index (χ3n) is 3.31. The fraction of sp³-hybridized carbons (Fsp3) is 0.636. The number of hydrogen-bond donors (Lipinski definition) is 2. The van der Waals surface area contributed by atoms with Gasteiger partial charge in [-0.15, -0.1) is 0 Å². The van der Waals surface area contributed by atoms with E-state index in [1.807, 2.05) is 0 Å². The highest BCUT2D eigenvalue weighted by molar-refractivity contribution is 5.94. The molecule has 0 saturated carbocycles. The van der Waals surface area contributed by atoms with Crippen molar-refractivity contribution >= 4 is 11.7 Å². The number of anilines is 1. The number of piperidine rings is 1. The van der Waals surface area contributed by atoms with Gasteiger partial charge in [0.25, 0.3) is 0 Å². The van der Waals surface area contributed by atoms with E-state index in [9.17, 15) is 4.79 Å². The molecule has 5 nitrogen and oxygen atoms in total. The van der Waals surface area contributed by atoms with Crippen LogP contribution in [0.2, 0.25) is 0 Å². The van der Waals surface area contributed by atoms with Gasteiger partial charge in [-0.1, -0.05) is 12.1 Å². The van der Waals surface area contributed by atoms with Crippen molar-refractivity contribution in [2.75, 3.05) is 18.4 Å². The molecule has 1 aliphatic rings. The minimum Gasteiger partial charge on any atom is -0.363 e. The first-order valence-corrected chi connectivity index (χ1v) is 5.69. The summed E-state index contributed by atoms with van der Waals surface area (Å²) in [5.74, 6) is 0.527. The SMILES string of the molecule is CCC1(C(=O)Nc2ccon2)CCCNC1. The Balaban J connectivity index is 2.06. The van der Waals surface area contributed by atoms with Gasteiger partial charge in [-0.3, -0.25) is 4.79 Å². The van der Waals surface area contributed by atoms with Crippen molar-refractivity contribution < 1.29 is 9.32 Å². The fourth-order valence-electron chi connectivity index (χ4n) is 2.15. The molecule has 1 aromatic rings. The molecule has 5 heteroatoms. The summed E-state index contributed by atoms with van der Waals surface area (Å²) in [6.45, 7) is 3.79. The molecule has 0 aromatic carbocycles. The van der Waals surface area contributed by atoms with E-state index in [-0.39, 0.29) is 11.3 Å². The summed E-state index contributed by atoms with van der Waals surface area (Å²) in [5.41, 5.74) is -0.294. The topological polar surface area (TPSA) is 67.2 Å². The predicted molar refractivity (Wildman–Crippen MR) is 60.0 cm³/mol. The zero-order valence-electron chi connectivity index (χ0n) is 9.45. The van der Waals surface area contributed by atoms with Gasteiger partial charge in [0.05, 0.1) is 5.41 Å². The van der Waals surface area contributed by atoms with Crippen molar-refractivity contribution in [3.05, 3.63) is 12.3 Å². The van der Waals surface area contributed by atoms with Gasteiger partial charge in [0.2, 0.25) is 5.91 Å². The van der Waals surface area contributed by atoms with Crippen LogP contribution in [0.5, 0.6) is 0 Å². The van der Waals surface area contributed by atoms with Gasteiger partial charge in [0, 0.05) is 12.6 Å². The summed E-state index contributed by atoms with van der Waals surface area (Å²) in [5, 5.41) is 9.77. The lowest BCUT2D eigenvalue weighted by Gasteiger charge is -2.35. The molecule has 1 unspecified atom stereocenters. The van der Waals surface area contributed by atoms with Crippen LogP contribution >= 0.6 is 0 Å². The molecule has 0 spiro atoms. The molecule has 1 amide bonds. The van der Waals surface area contributed by atoms with Crippen molar-refractivity contribution in [2.24, 2.45) is 5.41 Å². The highest BCUT2D eigenvalue weighted by Gasteiger charge is 2.38. The standard InChI is InChI=1S/C11H17N3O2/c1-2-11(5-3-6-12-8-11)10(15)13-9-4-7-16-14-9/h4,7,12H,2-3,5-6,8H2,1H3,(H,13,14,15). The van der Waals surface area contributed by atoms with Crippen LogP contribution < -0.4 is 10.6 Å². The maximum Gasteiger partial charge on any atom is 0.233 e. The van der Waals surface area contributed by atoms with E-state index in [1.54, 1.807) is 6.07 Å². The first-order chi connectivity index (χ1) is 7.77. The lowest BCUT2D eigenvalue weighted by atomic mass is 9.77. The fourth-order valence-corrected chi connectivity index (χ4v) is 2.15. The van der Waals surface area contributed by atoms with E-state index in [0.29, 0.717) is 5.82 Å². The van der Waals surface area contributed by atoms with Gasteiger partial charge in [0.15, 0.2) is 5.82 Å². The summed E-state index contributed by atoms with van der Waals surface area (Å²) >= 11 is 0. The summed E-state index contributed by atoms with van der Waals surface area (Å²) < 4.78 is 4.69. The van der Waals surface area contributed by atoms with Crippen LogP contribution in [0.3, 0.4) is 0 Å². The summed E-state index contributed by atoms with van der Waals surface area (Å²) in [6, 6.07) is 1.65. The van der Waals surface area contributed by atoms with Crippen molar-refractivity contribution in [1.82, 2.24) is 10.5 Å². The molecule has 1 atom stereocenters. The van der Waals surface area contributed by atoms with Crippen molar-refractivity contribution in [3.63, 3.8) is 0 Å². The monoisotopic (exact) mass is 223 g/mol. The van der Waals surface area contributed by atoms with E-state index in [2.05, 4.69) is 27.2 Å². The second-order valence-electron chi connectivity index (χ2n) is 4.25. The molecule has 1 aliphatic heterocycles. The zero-order valence-corrected chi connectivity index (χ0v) is 9.45. The molecular formula is C11H17N3O2. The Morgan fingerprint density at radius 3 is 3.19 bits per heavy atom. The Bertz CT molecular complexity index is 342. The molecule has 1 fully saturated rings. The molecule has 2 N–H and O–H groups in total. The van der Waals surface area contributed by atoms with Crippen molar-refractivity contribution in [1.29, 1.82) is 0 Å². The van der Waals surface area contributed by atoms with Gasteiger partial charge < -0.3 is 15.2 Å². The van der Waals surface area contributed by atoms with Crippen LogP contribution in [0.25, 0.3) is 0 Å². The lowest BCUT2D eigenvalue weighted by Crippen LogP contribution is -2.47. The Hall–Kier alpha value is -1.36. The Kier molecular flexibility index (Phi) is 3.24. The number of rotatable bonds is 3. The third-order valence-corrected chi connectivity index (χ3v) is 3.31. The van der Waals surface area contributed by atoms with E-state index < -0.39 is 0 Å². The minimum atomic E-state index is -0.294. The number of nitrogens with one attached hydrogen (secondary N) is 2. The molecular weight excluding hydrogens is 206 g/mol. The average molecular weight is 223 g/mol. The molecule has 0 bridgehead atoms. The Morgan fingerprint density at radius 2 is 2.62 bits per heavy atom. The number of carbonyl (C=O) groups excluding carboxylic acids is 1. The van der Waals surface area contributed by atoms with E-state index in [4.69, 9.17) is 0 Å². The average Bonchev–Trinajstić information content (AvgIpc) is 2.82. The molecule has 0 radical (unpaired) electrons. The van der Waals surface area contributed by atoms with Gasteiger partial charge in [-0.25, -0.2) is 0 Å². The van der Waals surface area contributed by atoms with E-state index in [0.717, 1.165) is 32.4 Å². The maximum absolute atomic E-state index is 12.2. The third kappa shape index (κ3) is 2.09. The first kappa shape index (κ1) is 11.1. The van der Waals surface area contributed by atoms with Crippen molar-refractivity contribution in [3.8, 4) is 0 Å². The van der Waals surface area contributed by atoms with Gasteiger partial charge in [-0.05, 0) is 25.8 Å². The van der Waals surface area contributed by atoms with Crippen LogP contribution in [0, 0.1) is 5.41 Å². The zero-order chi connectivity index (χ0) is 11.4. The molecule has 0 aliphatic carbocycles. The second kappa shape index (κ2) is 4.65. The number of hydrogen-bond acceptors (Lipinski definition) is 4.